The maximum absolute atomic E-state index is 14.1. The van der Waals surface area contributed by atoms with Crippen molar-refractivity contribution < 1.29 is 27.5 Å². The van der Waals surface area contributed by atoms with Crippen LogP contribution in [0, 0.1) is 18.8 Å². The molecule has 1 heterocycles. The molecule has 2 amide bonds. The van der Waals surface area contributed by atoms with E-state index in [4.69, 9.17) is 10.5 Å². The Kier molecular flexibility index (Phi) is 9.87. The van der Waals surface area contributed by atoms with Crippen molar-refractivity contribution in [3.05, 3.63) is 113 Å². The molecule has 0 aliphatic carbocycles. The molecular weight excluding hydrogens is 628 g/mol. The number of ether oxygens (including phenoxy) is 1. The van der Waals surface area contributed by atoms with Crippen molar-refractivity contribution in [3.8, 4) is 17.6 Å². The second-order valence-corrected chi connectivity index (χ2v) is 12.8. The highest BCUT2D eigenvalue weighted by atomic mass is 32.2. The van der Waals surface area contributed by atoms with Gasteiger partial charge >= 0.3 is 0 Å². The van der Waals surface area contributed by atoms with Crippen LogP contribution in [0.25, 0.3) is 10.9 Å². The number of carbonyl (C=O) groups excluding carboxylic acids is 3. The van der Waals surface area contributed by atoms with Gasteiger partial charge < -0.3 is 25.5 Å². The third-order valence-corrected chi connectivity index (χ3v) is 9.35. The molecule has 0 aliphatic rings. The summed E-state index contributed by atoms with van der Waals surface area (Å²) in [7, 11) is -1.02. The smallest absolute Gasteiger partial charge is 0.258 e. The highest BCUT2D eigenvalue weighted by molar-refractivity contribution is 7.91. The number of carbonyl (C=O) groups is 3. The molecule has 3 N–H and O–H groups in total. The molecule has 242 valence electrons. The zero-order valence-electron chi connectivity index (χ0n) is 26.5. The molecule has 11 heteroatoms. The SMILES string of the molecule is COc1cccc(Nc2c(C(N)=O)cnc3c(C)cc(S(=O)(=O)c4cccc(C(=O)N(C)c5ccc(C#CCCC=O)cc5)c4)cc23)c1. The number of nitrogens with one attached hydrogen (secondary N) is 1. The lowest BCUT2D eigenvalue weighted by Gasteiger charge is -2.18. The van der Waals surface area contributed by atoms with E-state index in [0.717, 1.165) is 11.8 Å². The van der Waals surface area contributed by atoms with Gasteiger partial charge in [-0.15, -0.1) is 0 Å². The van der Waals surface area contributed by atoms with Crippen LogP contribution in [0.2, 0.25) is 0 Å². The topological polar surface area (TPSA) is 149 Å². The highest BCUT2D eigenvalue weighted by Gasteiger charge is 2.24. The summed E-state index contributed by atoms with van der Waals surface area (Å²) in [5.74, 6) is 5.32. The number of hydrogen-bond donors (Lipinski definition) is 2. The van der Waals surface area contributed by atoms with E-state index in [9.17, 15) is 22.8 Å². The van der Waals surface area contributed by atoms with E-state index in [-0.39, 0.29) is 20.9 Å². The number of anilines is 3. The lowest BCUT2D eigenvalue weighted by atomic mass is 10.1. The van der Waals surface area contributed by atoms with E-state index in [2.05, 4.69) is 22.1 Å². The number of unbranched alkanes of at least 4 members (excludes halogenated alkanes) is 1. The van der Waals surface area contributed by atoms with E-state index in [0.29, 0.717) is 52.1 Å². The van der Waals surface area contributed by atoms with Crippen molar-refractivity contribution in [2.24, 2.45) is 5.73 Å². The first-order chi connectivity index (χ1) is 23.0. The maximum Gasteiger partial charge on any atom is 0.258 e. The minimum atomic E-state index is -4.15. The van der Waals surface area contributed by atoms with Gasteiger partial charge in [0.2, 0.25) is 9.84 Å². The summed E-state index contributed by atoms with van der Waals surface area (Å²) in [6, 6.07) is 22.8. The maximum atomic E-state index is 14.1. The van der Waals surface area contributed by atoms with Crippen LogP contribution in [0.15, 0.2) is 101 Å². The number of benzene rings is 4. The first kappa shape index (κ1) is 33.4. The normalized spacial score (nSPS) is 10.9. The van der Waals surface area contributed by atoms with E-state index in [1.54, 1.807) is 68.6 Å². The van der Waals surface area contributed by atoms with Gasteiger partial charge in [-0.1, -0.05) is 24.0 Å². The number of nitrogens with zero attached hydrogens (tertiary/aromatic N) is 2. The second-order valence-electron chi connectivity index (χ2n) is 10.9. The van der Waals surface area contributed by atoms with Crippen LogP contribution in [0.5, 0.6) is 5.75 Å². The molecule has 0 aliphatic heterocycles. The summed E-state index contributed by atoms with van der Waals surface area (Å²) < 4.78 is 33.5. The average Bonchev–Trinajstić information content (AvgIpc) is 3.10. The summed E-state index contributed by atoms with van der Waals surface area (Å²) in [6.45, 7) is 1.73. The van der Waals surface area contributed by atoms with Gasteiger partial charge in [0.15, 0.2) is 0 Å². The number of primary amides is 1. The minimum absolute atomic E-state index is 0.0487. The molecule has 0 saturated heterocycles. The lowest BCUT2D eigenvalue weighted by molar-refractivity contribution is -0.107. The summed E-state index contributed by atoms with van der Waals surface area (Å²) in [5, 5.41) is 3.57. The van der Waals surface area contributed by atoms with Crippen LogP contribution in [0.1, 0.15) is 44.7 Å². The standard InChI is InChI=1S/C37H32N4O6S/c1-24-19-31(22-32-34(24)39-23-33(36(38)43)35(32)40-27-11-8-12-29(21-27)47-3)48(45,46)30-13-7-10-26(20-30)37(44)41(2)28-16-14-25(15-17-28)9-5-4-6-18-42/h7-8,10-23H,4,6H2,1-3H3,(H2,38,43)(H,39,40). The van der Waals surface area contributed by atoms with E-state index in [1.807, 2.05) is 0 Å². The predicted octanol–water partition coefficient (Wildman–Crippen LogP) is 5.83. The first-order valence-electron chi connectivity index (χ1n) is 14.8. The largest absolute Gasteiger partial charge is 0.497 e. The summed E-state index contributed by atoms with van der Waals surface area (Å²) in [5.41, 5.74) is 9.20. The number of methoxy groups -OCH3 is 1. The quantitative estimate of drug-likeness (QED) is 0.108. The monoisotopic (exact) mass is 660 g/mol. The van der Waals surface area contributed by atoms with Crippen molar-refractivity contribution in [2.45, 2.75) is 29.6 Å². The summed E-state index contributed by atoms with van der Waals surface area (Å²) >= 11 is 0. The Bertz CT molecular complexity index is 2220. The zero-order valence-corrected chi connectivity index (χ0v) is 27.3. The van der Waals surface area contributed by atoms with Crippen LogP contribution >= 0.6 is 0 Å². The van der Waals surface area contributed by atoms with Crippen molar-refractivity contribution in [3.63, 3.8) is 0 Å². The Hall–Kier alpha value is -5.99. The number of pyridine rings is 1. The first-order valence-corrected chi connectivity index (χ1v) is 16.3. The fraction of sp³-hybridized carbons (Fsp3) is 0.135. The molecule has 10 nitrogen and oxygen atoms in total. The van der Waals surface area contributed by atoms with Crippen molar-refractivity contribution in [1.29, 1.82) is 0 Å². The number of sulfone groups is 1. The number of amides is 2. The van der Waals surface area contributed by atoms with Gasteiger partial charge in [0.25, 0.3) is 11.8 Å². The lowest BCUT2D eigenvalue weighted by Crippen LogP contribution is -2.26. The number of rotatable bonds is 10. The van der Waals surface area contributed by atoms with Gasteiger partial charge in [-0.25, -0.2) is 8.42 Å². The number of aryl methyl sites for hydroxylation is 1. The molecule has 48 heavy (non-hydrogen) atoms. The molecule has 0 unspecified atom stereocenters. The molecule has 0 saturated carbocycles. The van der Waals surface area contributed by atoms with Gasteiger partial charge in [-0.05, 0) is 79.2 Å². The zero-order chi connectivity index (χ0) is 34.4. The number of aromatic nitrogens is 1. The molecule has 1 aromatic heterocycles. The number of nitrogens with two attached hydrogens (primary N) is 1. The minimum Gasteiger partial charge on any atom is -0.497 e. The van der Waals surface area contributed by atoms with E-state index in [1.165, 1.54) is 48.5 Å². The molecule has 5 aromatic rings. The van der Waals surface area contributed by atoms with Crippen molar-refractivity contribution >= 4 is 55.9 Å². The van der Waals surface area contributed by atoms with Crippen LogP contribution in [-0.2, 0) is 14.6 Å². The Balaban J connectivity index is 1.50. The van der Waals surface area contributed by atoms with Crippen LogP contribution in [0.3, 0.4) is 0 Å². The van der Waals surface area contributed by atoms with Gasteiger partial charge in [-0.3, -0.25) is 14.6 Å². The van der Waals surface area contributed by atoms with E-state index >= 15 is 0 Å². The van der Waals surface area contributed by atoms with Crippen LogP contribution < -0.4 is 20.7 Å². The van der Waals surface area contributed by atoms with Crippen LogP contribution in [0.4, 0.5) is 17.1 Å². The third kappa shape index (κ3) is 7.04. The highest BCUT2D eigenvalue weighted by Crippen LogP contribution is 2.35. The Morgan fingerprint density at radius 3 is 2.46 bits per heavy atom. The van der Waals surface area contributed by atoms with E-state index < -0.39 is 21.7 Å². The molecular formula is C37H32N4O6S. The number of aldehydes is 1. The number of hydrogen-bond acceptors (Lipinski definition) is 8. The molecule has 0 radical (unpaired) electrons. The average molecular weight is 661 g/mol. The van der Waals surface area contributed by atoms with Gasteiger partial charge in [-0.2, -0.15) is 0 Å². The van der Waals surface area contributed by atoms with Gasteiger partial charge in [0.05, 0.1) is 33.7 Å². The molecule has 0 bridgehead atoms. The fourth-order valence-electron chi connectivity index (χ4n) is 5.08. The Labute approximate surface area is 278 Å². The van der Waals surface area contributed by atoms with Gasteiger partial charge in [0.1, 0.15) is 12.0 Å². The van der Waals surface area contributed by atoms with Crippen molar-refractivity contribution in [1.82, 2.24) is 4.98 Å². The summed E-state index contributed by atoms with van der Waals surface area (Å²) in [6.07, 6.45) is 3.01. The third-order valence-electron chi connectivity index (χ3n) is 7.62. The number of fused-ring (bicyclic) bond motifs is 1. The molecule has 4 aromatic carbocycles. The Morgan fingerprint density at radius 1 is 1.00 bits per heavy atom. The van der Waals surface area contributed by atoms with Crippen molar-refractivity contribution in [2.75, 3.05) is 24.4 Å². The second kappa shape index (κ2) is 14.2. The molecule has 5 rings (SSSR count). The van der Waals surface area contributed by atoms with Gasteiger partial charge in [0, 0.05) is 60.0 Å². The molecule has 0 spiro atoms. The summed E-state index contributed by atoms with van der Waals surface area (Å²) in [4.78, 5) is 42.1. The molecule has 0 atom stereocenters. The molecule has 0 fully saturated rings. The van der Waals surface area contributed by atoms with Crippen LogP contribution in [-0.4, -0.2) is 45.7 Å². The fourth-order valence-corrected chi connectivity index (χ4v) is 6.49. The Morgan fingerprint density at radius 2 is 1.75 bits per heavy atom. The predicted molar refractivity (Wildman–Crippen MR) is 185 cm³/mol.